The first-order valence-electron chi connectivity index (χ1n) is 11.8. The summed E-state index contributed by atoms with van der Waals surface area (Å²) in [5.41, 5.74) is 0. The first-order chi connectivity index (χ1) is 13.6. The number of carbonyl (C=O) groups excluding carboxylic acids is 3. The molecule has 0 aromatic heterocycles. The van der Waals surface area contributed by atoms with Gasteiger partial charge in [-0.25, -0.2) is 0 Å². The predicted octanol–water partition coefficient (Wildman–Crippen LogP) is 7.08. The van der Waals surface area contributed by atoms with E-state index in [1.165, 1.54) is 84.0 Å². The van der Waals surface area contributed by atoms with Crippen molar-refractivity contribution in [3.8, 4) is 0 Å². The van der Waals surface area contributed by atoms with Crippen LogP contribution >= 0.6 is 0 Å². The molecule has 0 amide bonds. The summed E-state index contributed by atoms with van der Waals surface area (Å²) in [6.07, 6.45) is 20.6. The van der Waals surface area contributed by atoms with Crippen molar-refractivity contribution >= 4 is 17.7 Å². The molecule has 28 heavy (non-hydrogen) atoms. The van der Waals surface area contributed by atoms with Gasteiger partial charge in [0.05, 0.1) is 0 Å². The average Bonchev–Trinajstić information content (AvgIpc) is 2.64. The van der Waals surface area contributed by atoms with E-state index in [0.717, 1.165) is 19.3 Å². The molecule has 164 valence electrons. The molecule has 0 bridgehead atoms. The third-order valence-corrected chi connectivity index (χ3v) is 5.12. The second-order valence-electron chi connectivity index (χ2n) is 8.10. The van der Waals surface area contributed by atoms with Gasteiger partial charge in [-0.2, -0.15) is 0 Å². The van der Waals surface area contributed by atoms with Crippen molar-refractivity contribution < 1.29 is 19.1 Å². The summed E-state index contributed by atoms with van der Waals surface area (Å²) in [6.45, 7) is 3.76. The maximum atomic E-state index is 11.6. The Morgan fingerprint density at radius 1 is 0.500 bits per heavy atom. The zero-order valence-corrected chi connectivity index (χ0v) is 18.6. The Balaban J connectivity index is 3.27. The van der Waals surface area contributed by atoms with Gasteiger partial charge in [0, 0.05) is 19.3 Å². The smallest absolute Gasteiger partial charge is 0.313 e. The normalized spacial score (nSPS) is 10.8. The highest BCUT2D eigenvalue weighted by Gasteiger charge is 2.10. The van der Waals surface area contributed by atoms with Crippen LogP contribution in [0.25, 0.3) is 0 Å². The minimum atomic E-state index is -0.507. The van der Waals surface area contributed by atoms with Gasteiger partial charge in [-0.15, -0.1) is 0 Å². The molecular formula is C24H44O4. The molecule has 0 fully saturated rings. The van der Waals surface area contributed by atoms with E-state index in [4.69, 9.17) is 4.74 Å². The highest BCUT2D eigenvalue weighted by molar-refractivity contribution is 5.85. The van der Waals surface area contributed by atoms with Crippen LogP contribution in [0.3, 0.4) is 0 Å². The lowest BCUT2D eigenvalue weighted by Gasteiger charge is -2.04. The van der Waals surface area contributed by atoms with Crippen LogP contribution in [-0.2, 0) is 19.1 Å². The van der Waals surface area contributed by atoms with Gasteiger partial charge in [-0.1, -0.05) is 96.8 Å². The maximum Gasteiger partial charge on any atom is 0.313 e. The van der Waals surface area contributed by atoms with Crippen molar-refractivity contribution in [2.75, 3.05) is 0 Å². The van der Waals surface area contributed by atoms with Crippen LogP contribution in [0, 0.1) is 0 Å². The van der Waals surface area contributed by atoms with E-state index in [2.05, 4.69) is 6.92 Å². The number of hydrogen-bond acceptors (Lipinski definition) is 4. The van der Waals surface area contributed by atoms with Crippen molar-refractivity contribution in [2.45, 2.75) is 136 Å². The van der Waals surface area contributed by atoms with Gasteiger partial charge in [0.15, 0.2) is 0 Å². The number of ether oxygens (including phenoxy) is 1. The topological polar surface area (TPSA) is 60.4 Å². The summed E-state index contributed by atoms with van der Waals surface area (Å²) in [4.78, 5) is 33.8. The maximum absolute atomic E-state index is 11.6. The highest BCUT2D eigenvalue weighted by atomic mass is 16.6. The van der Waals surface area contributed by atoms with Crippen molar-refractivity contribution in [3.05, 3.63) is 0 Å². The number of esters is 2. The van der Waals surface area contributed by atoms with Gasteiger partial charge in [-0.3, -0.25) is 9.59 Å². The Bertz CT molecular complexity index is 403. The SMILES string of the molecule is CCCCCCCCCCCCCCCCCC(=O)OC(=O)CCCC(C)=O. The van der Waals surface area contributed by atoms with Crippen molar-refractivity contribution in [2.24, 2.45) is 0 Å². The number of unbranched alkanes of at least 4 members (excludes halogenated alkanes) is 14. The number of carbonyl (C=O) groups is 3. The minimum absolute atomic E-state index is 0.0527. The Kier molecular flexibility index (Phi) is 19.7. The highest BCUT2D eigenvalue weighted by Crippen LogP contribution is 2.14. The van der Waals surface area contributed by atoms with Gasteiger partial charge < -0.3 is 9.53 Å². The number of rotatable bonds is 20. The lowest BCUT2D eigenvalue weighted by molar-refractivity contribution is -0.159. The summed E-state index contributed by atoms with van der Waals surface area (Å²) in [7, 11) is 0. The summed E-state index contributed by atoms with van der Waals surface area (Å²) in [5, 5.41) is 0. The van der Waals surface area contributed by atoms with E-state index in [1.807, 2.05) is 0 Å². The van der Waals surface area contributed by atoms with E-state index >= 15 is 0 Å². The monoisotopic (exact) mass is 396 g/mol. The van der Waals surface area contributed by atoms with E-state index < -0.39 is 11.9 Å². The van der Waals surface area contributed by atoms with Crippen LogP contribution in [0.5, 0.6) is 0 Å². The Labute approximate surface area is 173 Å². The van der Waals surface area contributed by atoms with E-state index in [0.29, 0.717) is 19.3 Å². The quantitative estimate of drug-likeness (QED) is 0.125. The number of ketones is 1. The zero-order chi connectivity index (χ0) is 20.9. The number of Topliss-reactive ketones (excluding diaryl/α,β-unsaturated/α-hetero) is 1. The Morgan fingerprint density at radius 3 is 1.25 bits per heavy atom. The van der Waals surface area contributed by atoms with Crippen molar-refractivity contribution in [1.29, 1.82) is 0 Å². The van der Waals surface area contributed by atoms with Gasteiger partial charge in [0.25, 0.3) is 0 Å². The lowest BCUT2D eigenvalue weighted by Crippen LogP contribution is -2.12. The molecule has 0 saturated carbocycles. The summed E-state index contributed by atoms with van der Waals surface area (Å²) in [5.74, 6) is -0.883. The Hall–Kier alpha value is -1.19. The van der Waals surface area contributed by atoms with Crippen LogP contribution in [0.15, 0.2) is 0 Å². The molecule has 0 spiro atoms. The molecule has 0 aromatic carbocycles. The molecule has 0 saturated heterocycles. The molecule has 0 aliphatic carbocycles. The molecule has 0 heterocycles. The minimum Gasteiger partial charge on any atom is -0.393 e. The fourth-order valence-corrected chi connectivity index (χ4v) is 3.35. The first kappa shape index (κ1) is 26.8. The molecule has 0 rings (SSSR count). The second-order valence-corrected chi connectivity index (χ2v) is 8.10. The van der Waals surface area contributed by atoms with Crippen molar-refractivity contribution in [1.82, 2.24) is 0 Å². The third-order valence-electron chi connectivity index (χ3n) is 5.12. The lowest BCUT2D eigenvalue weighted by atomic mass is 10.0. The average molecular weight is 397 g/mol. The Morgan fingerprint density at radius 2 is 0.857 bits per heavy atom. The van der Waals surface area contributed by atoms with Crippen LogP contribution in [0.2, 0.25) is 0 Å². The first-order valence-corrected chi connectivity index (χ1v) is 11.8. The molecule has 0 unspecified atom stereocenters. The third kappa shape index (κ3) is 21.1. The van der Waals surface area contributed by atoms with Crippen LogP contribution in [0.1, 0.15) is 136 Å². The standard InChI is InChI=1S/C24H44O4/c1-3-4-5-6-7-8-9-10-11-12-13-14-15-16-17-20-23(26)28-24(27)21-18-19-22(2)25/h3-21H2,1-2H3. The van der Waals surface area contributed by atoms with Crippen LogP contribution in [-0.4, -0.2) is 17.7 Å². The molecule has 0 radical (unpaired) electrons. The molecule has 0 atom stereocenters. The van der Waals surface area contributed by atoms with E-state index in [9.17, 15) is 14.4 Å². The molecule has 0 aliphatic rings. The van der Waals surface area contributed by atoms with Crippen LogP contribution in [0.4, 0.5) is 0 Å². The molecule has 0 aliphatic heterocycles. The zero-order valence-electron chi connectivity index (χ0n) is 18.6. The van der Waals surface area contributed by atoms with Gasteiger partial charge >= 0.3 is 11.9 Å². The fraction of sp³-hybridized carbons (Fsp3) is 0.875. The number of hydrogen-bond donors (Lipinski definition) is 0. The van der Waals surface area contributed by atoms with E-state index in [1.54, 1.807) is 0 Å². The molecule has 4 nitrogen and oxygen atoms in total. The van der Waals surface area contributed by atoms with E-state index in [-0.39, 0.29) is 12.2 Å². The van der Waals surface area contributed by atoms with Gasteiger partial charge in [0.1, 0.15) is 5.78 Å². The largest absolute Gasteiger partial charge is 0.393 e. The summed E-state index contributed by atoms with van der Waals surface area (Å²) >= 11 is 0. The molecule has 4 heteroatoms. The molecule has 0 N–H and O–H groups in total. The second kappa shape index (κ2) is 20.5. The molecule has 0 aromatic rings. The van der Waals surface area contributed by atoms with Crippen molar-refractivity contribution in [3.63, 3.8) is 0 Å². The summed E-state index contributed by atoms with van der Waals surface area (Å²) < 4.78 is 4.76. The van der Waals surface area contributed by atoms with Gasteiger partial charge in [0.2, 0.25) is 0 Å². The van der Waals surface area contributed by atoms with Gasteiger partial charge in [-0.05, 0) is 19.8 Å². The molecular weight excluding hydrogens is 352 g/mol. The predicted molar refractivity (Wildman–Crippen MR) is 115 cm³/mol. The fourth-order valence-electron chi connectivity index (χ4n) is 3.35. The van der Waals surface area contributed by atoms with Crippen LogP contribution < -0.4 is 0 Å². The summed E-state index contributed by atoms with van der Waals surface area (Å²) in [6, 6.07) is 0.